The molecule has 1 amide bonds. The third kappa shape index (κ3) is 3.52. The molecule has 4 rings (SSSR count). The summed E-state index contributed by atoms with van der Waals surface area (Å²) in [6.07, 6.45) is -0.932. The summed E-state index contributed by atoms with van der Waals surface area (Å²) >= 11 is 0.919. The van der Waals surface area contributed by atoms with E-state index in [1.54, 1.807) is 0 Å². The van der Waals surface area contributed by atoms with Crippen LogP contribution in [0.25, 0.3) is 11.1 Å². The molecule has 1 aliphatic rings. The molecule has 0 atom stereocenters. The molecule has 0 saturated carbocycles. The van der Waals surface area contributed by atoms with Gasteiger partial charge < -0.3 is 9.84 Å². The van der Waals surface area contributed by atoms with Crippen LogP contribution in [0.4, 0.5) is 9.93 Å². The van der Waals surface area contributed by atoms with Crippen molar-refractivity contribution in [2.24, 2.45) is 0 Å². The number of hydrogen-bond donors (Lipinski definition) is 2. The van der Waals surface area contributed by atoms with E-state index in [9.17, 15) is 9.59 Å². The van der Waals surface area contributed by atoms with Crippen LogP contribution in [0.1, 0.15) is 22.9 Å². The number of carbonyl (C=O) groups excluding carboxylic acids is 1. The van der Waals surface area contributed by atoms with Gasteiger partial charge in [-0.25, -0.2) is 9.78 Å². The quantitative estimate of drug-likeness (QED) is 0.701. The first-order chi connectivity index (χ1) is 13.1. The Morgan fingerprint density at radius 1 is 1.07 bits per heavy atom. The summed E-state index contributed by atoms with van der Waals surface area (Å²) in [7, 11) is 0. The maximum Gasteiger partial charge on any atom is 0.413 e. The van der Waals surface area contributed by atoms with Gasteiger partial charge in [-0.2, -0.15) is 4.37 Å². The summed E-state index contributed by atoms with van der Waals surface area (Å²) in [5.41, 5.74) is 4.58. The van der Waals surface area contributed by atoms with Gasteiger partial charge in [-0.05, 0) is 22.3 Å². The average Bonchev–Trinajstić information content (AvgIpc) is 3.21. The minimum absolute atomic E-state index is 0.0276. The molecular weight excluding hydrogens is 366 g/mol. The number of amides is 1. The summed E-state index contributed by atoms with van der Waals surface area (Å²) < 4.78 is 9.29. The number of aliphatic carboxylic acids is 1. The van der Waals surface area contributed by atoms with Gasteiger partial charge in [0.2, 0.25) is 5.13 Å². The van der Waals surface area contributed by atoms with Crippen LogP contribution in [0.5, 0.6) is 0 Å². The molecule has 0 saturated heterocycles. The predicted octanol–water partition coefficient (Wildman–Crippen LogP) is 3.53. The zero-order chi connectivity index (χ0) is 18.8. The standard InChI is InChI=1S/C19H15N3O4S/c23-17(24)9-16-20-18(27-22-16)21-19(25)26-10-15-13-7-3-1-5-11(13)12-6-2-4-8-14(12)15/h1-8,15H,9-10H2,(H,23,24)(H,20,21,22,25). The maximum atomic E-state index is 12.1. The number of nitrogens with zero attached hydrogens (tertiary/aromatic N) is 2. The van der Waals surface area contributed by atoms with Crippen LogP contribution in [0.15, 0.2) is 48.5 Å². The van der Waals surface area contributed by atoms with Crippen molar-refractivity contribution in [3.63, 3.8) is 0 Å². The number of fused-ring (bicyclic) bond motifs is 3. The fourth-order valence-electron chi connectivity index (χ4n) is 3.23. The molecule has 2 aromatic carbocycles. The van der Waals surface area contributed by atoms with E-state index in [1.807, 2.05) is 36.4 Å². The summed E-state index contributed by atoms with van der Waals surface area (Å²) in [6, 6.07) is 16.2. The first-order valence-electron chi connectivity index (χ1n) is 8.28. The van der Waals surface area contributed by atoms with Crippen LogP contribution in [-0.4, -0.2) is 33.1 Å². The zero-order valence-electron chi connectivity index (χ0n) is 14.1. The topological polar surface area (TPSA) is 101 Å². The largest absolute Gasteiger partial charge is 0.481 e. The number of benzene rings is 2. The Kier molecular flexibility index (Phi) is 4.55. The van der Waals surface area contributed by atoms with Crippen LogP contribution < -0.4 is 5.32 Å². The number of anilines is 1. The molecule has 27 heavy (non-hydrogen) atoms. The molecule has 8 heteroatoms. The van der Waals surface area contributed by atoms with Gasteiger partial charge in [0, 0.05) is 17.5 Å². The lowest BCUT2D eigenvalue weighted by Crippen LogP contribution is -2.17. The highest BCUT2D eigenvalue weighted by Crippen LogP contribution is 2.44. The maximum absolute atomic E-state index is 12.1. The Labute approximate surface area is 158 Å². The van der Waals surface area contributed by atoms with Gasteiger partial charge in [-0.3, -0.25) is 10.1 Å². The van der Waals surface area contributed by atoms with Crippen molar-refractivity contribution in [2.45, 2.75) is 12.3 Å². The average molecular weight is 381 g/mol. The van der Waals surface area contributed by atoms with Crippen LogP contribution in [0, 0.1) is 0 Å². The van der Waals surface area contributed by atoms with Gasteiger partial charge in [-0.15, -0.1) is 0 Å². The zero-order valence-corrected chi connectivity index (χ0v) is 14.9. The number of rotatable bonds is 5. The highest BCUT2D eigenvalue weighted by Gasteiger charge is 2.29. The van der Waals surface area contributed by atoms with Crippen LogP contribution in [0.2, 0.25) is 0 Å². The third-order valence-corrected chi connectivity index (χ3v) is 5.00. The van der Waals surface area contributed by atoms with Crippen molar-refractivity contribution < 1.29 is 19.4 Å². The van der Waals surface area contributed by atoms with Gasteiger partial charge in [0.05, 0.1) is 0 Å². The van der Waals surface area contributed by atoms with E-state index in [0.29, 0.717) is 0 Å². The molecule has 1 aromatic heterocycles. The predicted molar refractivity (Wildman–Crippen MR) is 99.9 cm³/mol. The monoisotopic (exact) mass is 381 g/mol. The van der Waals surface area contributed by atoms with Gasteiger partial charge in [0.25, 0.3) is 0 Å². The Morgan fingerprint density at radius 2 is 1.70 bits per heavy atom. The number of hydrogen-bond acceptors (Lipinski definition) is 6. The first-order valence-corrected chi connectivity index (χ1v) is 9.05. The molecule has 1 aliphatic carbocycles. The van der Waals surface area contributed by atoms with E-state index in [-0.39, 0.29) is 29.9 Å². The Hall–Kier alpha value is -3.26. The molecule has 7 nitrogen and oxygen atoms in total. The van der Waals surface area contributed by atoms with Crippen molar-refractivity contribution in [3.8, 4) is 11.1 Å². The Balaban J connectivity index is 1.43. The molecule has 136 valence electrons. The van der Waals surface area contributed by atoms with Crippen molar-refractivity contribution in [1.82, 2.24) is 9.36 Å². The molecule has 0 radical (unpaired) electrons. The van der Waals surface area contributed by atoms with Crippen LogP contribution in [-0.2, 0) is 16.0 Å². The smallest absolute Gasteiger partial charge is 0.413 e. The summed E-state index contributed by atoms with van der Waals surface area (Å²) in [5, 5.41) is 11.4. The molecule has 2 N–H and O–H groups in total. The second-order valence-corrected chi connectivity index (χ2v) is 6.79. The lowest BCUT2D eigenvalue weighted by Gasteiger charge is -2.14. The van der Waals surface area contributed by atoms with Crippen LogP contribution >= 0.6 is 11.5 Å². The molecule has 0 unspecified atom stereocenters. The minimum Gasteiger partial charge on any atom is -0.481 e. The lowest BCUT2D eigenvalue weighted by atomic mass is 9.98. The minimum atomic E-state index is -1.03. The number of carboxylic acid groups (broad SMARTS) is 1. The summed E-state index contributed by atoms with van der Waals surface area (Å²) in [4.78, 5) is 26.7. The van der Waals surface area contributed by atoms with Gasteiger partial charge in [0.15, 0.2) is 5.82 Å². The van der Waals surface area contributed by atoms with E-state index < -0.39 is 12.1 Å². The third-order valence-electron chi connectivity index (χ3n) is 4.33. The number of nitrogens with one attached hydrogen (secondary N) is 1. The van der Waals surface area contributed by atoms with E-state index in [2.05, 4.69) is 26.8 Å². The number of carboxylic acids is 1. The number of ether oxygens (including phenoxy) is 1. The van der Waals surface area contributed by atoms with Crippen molar-refractivity contribution in [2.75, 3.05) is 11.9 Å². The SMILES string of the molecule is O=C(O)Cc1nsc(NC(=O)OCC2c3ccccc3-c3ccccc32)n1. The molecule has 0 aliphatic heterocycles. The lowest BCUT2D eigenvalue weighted by molar-refractivity contribution is -0.136. The molecule has 3 aromatic rings. The molecule has 0 spiro atoms. The van der Waals surface area contributed by atoms with E-state index >= 15 is 0 Å². The summed E-state index contributed by atoms with van der Waals surface area (Å²) in [5.74, 6) is -0.901. The highest BCUT2D eigenvalue weighted by atomic mass is 32.1. The molecule has 0 fully saturated rings. The second kappa shape index (κ2) is 7.16. The van der Waals surface area contributed by atoms with Gasteiger partial charge in [0.1, 0.15) is 13.0 Å². The van der Waals surface area contributed by atoms with Crippen molar-refractivity contribution in [3.05, 3.63) is 65.5 Å². The second-order valence-electron chi connectivity index (χ2n) is 6.04. The summed E-state index contributed by atoms with van der Waals surface area (Å²) in [6.45, 7) is 0.195. The van der Waals surface area contributed by atoms with E-state index in [0.717, 1.165) is 33.8 Å². The molecular formula is C19H15N3O4S. The van der Waals surface area contributed by atoms with E-state index in [1.165, 1.54) is 0 Å². The molecule has 0 bridgehead atoms. The molecule has 1 heterocycles. The van der Waals surface area contributed by atoms with Crippen LogP contribution in [0.3, 0.4) is 0 Å². The van der Waals surface area contributed by atoms with Crippen molar-refractivity contribution >= 4 is 28.7 Å². The number of carbonyl (C=O) groups is 2. The van der Waals surface area contributed by atoms with E-state index in [4.69, 9.17) is 9.84 Å². The van der Waals surface area contributed by atoms with Crippen molar-refractivity contribution in [1.29, 1.82) is 0 Å². The first kappa shape index (κ1) is 17.2. The van der Waals surface area contributed by atoms with Gasteiger partial charge >= 0.3 is 12.1 Å². The fraction of sp³-hybridized carbons (Fsp3) is 0.158. The highest BCUT2D eigenvalue weighted by molar-refractivity contribution is 7.09. The Morgan fingerprint density at radius 3 is 2.33 bits per heavy atom. The van der Waals surface area contributed by atoms with Gasteiger partial charge in [-0.1, -0.05) is 48.5 Å². The normalized spacial score (nSPS) is 12.3. The number of aromatic nitrogens is 2. The Bertz CT molecular complexity index is 972. The fourth-order valence-corrected chi connectivity index (χ4v) is 3.81.